The zero-order valence-corrected chi connectivity index (χ0v) is 15.4. The lowest BCUT2D eigenvalue weighted by molar-refractivity contribution is -0.141. The third-order valence-corrected chi connectivity index (χ3v) is 4.84. The van der Waals surface area contributed by atoms with Gasteiger partial charge in [0.1, 0.15) is 0 Å². The number of hydrogen-bond acceptors (Lipinski definition) is 4. The summed E-state index contributed by atoms with van der Waals surface area (Å²) in [6.45, 7) is 10.4. The number of piperidine rings is 1. The Balaban J connectivity index is 1.74. The molecule has 0 aromatic heterocycles. The molecule has 2 rings (SSSR count). The van der Waals surface area contributed by atoms with Gasteiger partial charge in [-0.05, 0) is 32.1 Å². The highest BCUT2D eigenvalue weighted by molar-refractivity contribution is 5.80. The third kappa shape index (κ3) is 5.74. The predicted molar refractivity (Wildman–Crippen MR) is 93.7 cm³/mol. The van der Waals surface area contributed by atoms with Crippen LogP contribution in [0.5, 0.6) is 0 Å². The highest BCUT2D eigenvalue weighted by atomic mass is 16.5. The van der Waals surface area contributed by atoms with Gasteiger partial charge in [-0.25, -0.2) is 0 Å². The average Bonchev–Trinajstić information content (AvgIpc) is 2.54. The van der Waals surface area contributed by atoms with E-state index >= 15 is 0 Å². The fourth-order valence-corrected chi connectivity index (χ4v) is 3.68. The molecule has 0 spiro atoms. The molecule has 0 bridgehead atoms. The molecule has 0 saturated carbocycles. The van der Waals surface area contributed by atoms with Crippen molar-refractivity contribution in [2.75, 3.05) is 39.3 Å². The predicted octanol–water partition coefficient (Wildman–Crippen LogP) is 1.25. The van der Waals surface area contributed by atoms with Crippen molar-refractivity contribution in [3.63, 3.8) is 0 Å². The van der Waals surface area contributed by atoms with Gasteiger partial charge < -0.3 is 19.9 Å². The molecule has 138 valence electrons. The average molecular weight is 339 g/mol. The first kappa shape index (κ1) is 19.2. The molecule has 6 heteroatoms. The summed E-state index contributed by atoms with van der Waals surface area (Å²) in [5.41, 5.74) is 0. The summed E-state index contributed by atoms with van der Waals surface area (Å²) in [5, 5.41) is 3.10. The van der Waals surface area contributed by atoms with Crippen LogP contribution in [-0.2, 0) is 14.3 Å². The van der Waals surface area contributed by atoms with Gasteiger partial charge in [-0.3, -0.25) is 9.59 Å². The quantitative estimate of drug-likeness (QED) is 0.758. The maximum atomic E-state index is 12.4. The van der Waals surface area contributed by atoms with E-state index in [1.807, 2.05) is 9.80 Å². The second-order valence-corrected chi connectivity index (χ2v) is 7.46. The van der Waals surface area contributed by atoms with Crippen molar-refractivity contribution in [3.8, 4) is 0 Å². The summed E-state index contributed by atoms with van der Waals surface area (Å²) in [5.74, 6) is 0.917. The molecule has 2 saturated heterocycles. The summed E-state index contributed by atoms with van der Waals surface area (Å²) < 4.78 is 5.75. The van der Waals surface area contributed by atoms with Gasteiger partial charge in [-0.1, -0.05) is 13.8 Å². The molecule has 1 N–H and O–H groups in total. The molecular weight excluding hydrogens is 306 g/mol. The molecule has 2 aliphatic heterocycles. The fourth-order valence-electron chi connectivity index (χ4n) is 3.68. The Bertz CT molecular complexity index is 428. The van der Waals surface area contributed by atoms with E-state index in [0.717, 1.165) is 38.9 Å². The molecule has 0 aromatic carbocycles. The molecule has 6 nitrogen and oxygen atoms in total. The van der Waals surface area contributed by atoms with Crippen LogP contribution in [0.15, 0.2) is 0 Å². The Hall–Kier alpha value is -1.14. The fraction of sp³-hybridized carbons (Fsp3) is 0.889. The smallest absolute Gasteiger partial charge is 0.236 e. The van der Waals surface area contributed by atoms with Crippen molar-refractivity contribution in [1.29, 1.82) is 0 Å². The highest BCUT2D eigenvalue weighted by Crippen LogP contribution is 2.18. The minimum Gasteiger partial charge on any atom is -0.378 e. The number of rotatable bonds is 7. The van der Waals surface area contributed by atoms with Gasteiger partial charge in [0.2, 0.25) is 11.8 Å². The normalized spacial score (nSPS) is 23.7. The molecule has 0 radical (unpaired) electrons. The molecule has 2 atom stereocenters. The largest absolute Gasteiger partial charge is 0.378 e. The zero-order valence-electron chi connectivity index (χ0n) is 15.4. The van der Waals surface area contributed by atoms with Gasteiger partial charge in [-0.15, -0.1) is 0 Å². The summed E-state index contributed by atoms with van der Waals surface area (Å²) in [7, 11) is 0. The molecular formula is C18H33N3O3. The first-order valence-electron chi connectivity index (χ1n) is 9.37. The number of hydrogen-bond donors (Lipinski definition) is 1. The molecule has 2 aliphatic rings. The van der Waals surface area contributed by atoms with Gasteiger partial charge in [0.25, 0.3) is 0 Å². The van der Waals surface area contributed by atoms with Crippen molar-refractivity contribution in [1.82, 2.24) is 15.1 Å². The van der Waals surface area contributed by atoms with Crippen LogP contribution < -0.4 is 5.32 Å². The maximum absolute atomic E-state index is 12.4. The summed E-state index contributed by atoms with van der Waals surface area (Å²) in [6.07, 6.45) is 3.62. The Kier molecular flexibility index (Phi) is 7.49. The number of carbonyl (C=O) groups excluding carboxylic acids is 2. The molecule has 2 unspecified atom stereocenters. The van der Waals surface area contributed by atoms with Crippen molar-refractivity contribution < 1.29 is 14.3 Å². The summed E-state index contributed by atoms with van der Waals surface area (Å²) >= 11 is 0. The monoisotopic (exact) mass is 339 g/mol. The van der Waals surface area contributed by atoms with Crippen LogP contribution in [0.25, 0.3) is 0 Å². The van der Waals surface area contributed by atoms with E-state index in [1.54, 1.807) is 0 Å². The lowest BCUT2D eigenvalue weighted by Gasteiger charge is -2.41. The van der Waals surface area contributed by atoms with E-state index in [0.29, 0.717) is 32.0 Å². The second kappa shape index (κ2) is 9.37. The minimum absolute atomic E-state index is 0.152. The van der Waals surface area contributed by atoms with Gasteiger partial charge in [0.15, 0.2) is 0 Å². The lowest BCUT2D eigenvalue weighted by atomic mass is 10.0. The topological polar surface area (TPSA) is 61.9 Å². The van der Waals surface area contributed by atoms with Gasteiger partial charge in [0, 0.05) is 32.2 Å². The van der Waals surface area contributed by atoms with Crippen LogP contribution in [0.2, 0.25) is 0 Å². The molecule has 24 heavy (non-hydrogen) atoms. The SMILES string of the molecule is CC(C)CC(C)OCCC(=O)N1CCCC(N2CCNCC2=O)C1. The van der Waals surface area contributed by atoms with E-state index in [-0.39, 0.29) is 24.0 Å². The van der Waals surface area contributed by atoms with Gasteiger partial charge in [0.05, 0.1) is 25.7 Å². The first-order chi connectivity index (χ1) is 11.5. The van der Waals surface area contributed by atoms with E-state index in [9.17, 15) is 9.59 Å². The van der Waals surface area contributed by atoms with Crippen molar-refractivity contribution in [2.45, 2.75) is 58.6 Å². The third-order valence-electron chi connectivity index (χ3n) is 4.84. The first-order valence-corrected chi connectivity index (χ1v) is 9.37. The van der Waals surface area contributed by atoms with Crippen LogP contribution in [-0.4, -0.2) is 73.1 Å². The van der Waals surface area contributed by atoms with Crippen LogP contribution in [0, 0.1) is 5.92 Å². The summed E-state index contributed by atoms with van der Waals surface area (Å²) in [6, 6.07) is 0.179. The van der Waals surface area contributed by atoms with Crippen LogP contribution in [0.4, 0.5) is 0 Å². The van der Waals surface area contributed by atoms with Crippen molar-refractivity contribution in [2.24, 2.45) is 5.92 Å². The van der Waals surface area contributed by atoms with E-state index in [2.05, 4.69) is 26.1 Å². The van der Waals surface area contributed by atoms with Crippen molar-refractivity contribution in [3.05, 3.63) is 0 Å². The van der Waals surface area contributed by atoms with Crippen LogP contribution in [0.3, 0.4) is 0 Å². The number of likely N-dealkylation sites (tertiary alicyclic amines) is 1. The van der Waals surface area contributed by atoms with Gasteiger partial charge >= 0.3 is 0 Å². The Labute approximate surface area is 145 Å². The molecule has 0 aliphatic carbocycles. The highest BCUT2D eigenvalue weighted by Gasteiger charge is 2.31. The van der Waals surface area contributed by atoms with Gasteiger partial charge in [-0.2, -0.15) is 0 Å². The van der Waals surface area contributed by atoms with Crippen LogP contribution in [0.1, 0.15) is 46.5 Å². The molecule has 2 fully saturated rings. The van der Waals surface area contributed by atoms with E-state index < -0.39 is 0 Å². The molecule has 0 aromatic rings. The zero-order chi connectivity index (χ0) is 17.5. The standard InChI is InChI=1S/C18H33N3O3/c1-14(2)11-15(3)24-10-6-17(22)20-8-4-5-16(13-20)21-9-7-19-12-18(21)23/h14-16,19H,4-13H2,1-3H3. The number of carbonyl (C=O) groups is 2. The Morgan fingerprint density at radius 1 is 1.33 bits per heavy atom. The number of amides is 2. The molecule has 2 amide bonds. The summed E-state index contributed by atoms with van der Waals surface area (Å²) in [4.78, 5) is 28.4. The number of nitrogens with zero attached hydrogens (tertiary/aromatic N) is 2. The van der Waals surface area contributed by atoms with Crippen LogP contribution >= 0.6 is 0 Å². The van der Waals surface area contributed by atoms with E-state index in [4.69, 9.17) is 4.74 Å². The Morgan fingerprint density at radius 2 is 2.12 bits per heavy atom. The lowest BCUT2D eigenvalue weighted by Crippen LogP contribution is -2.57. The number of piperazine rings is 1. The number of ether oxygens (including phenoxy) is 1. The second-order valence-electron chi connectivity index (χ2n) is 7.46. The minimum atomic E-state index is 0.152. The molecule has 2 heterocycles. The Morgan fingerprint density at radius 3 is 2.83 bits per heavy atom. The van der Waals surface area contributed by atoms with Crippen molar-refractivity contribution >= 4 is 11.8 Å². The number of nitrogens with one attached hydrogen (secondary N) is 1. The maximum Gasteiger partial charge on any atom is 0.236 e. The van der Waals surface area contributed by atoms with E-state index in [1.165, 1.54) is 0 Å².